The summed E-state index contributed by atoms with van der Waals surface area (Å²) in [6.07, 6.45) is 5.85. The van der Waals surface area contributed by atoms with Crippen LogP contribution in [0.4, 0.5) is 0 Å². The number of hydrogen-bond acceptors (Lipinski definition) is 0. The van der Waals surface area contributed by atoms with Crippen LogP contribution in [-0.2, 0) is 6.42 Å². The molecule has 0 heterocycles. The molecule has 1 aliphatic carbocycles. The number of allylic oxidation sites excluding steroid dienone is 1. The minimum atomic E-state index is 0.852. The predicted octanol–water partition coefficient (Wildman–Crippen LogP) is 4.08. The Kier molecular flexibility index (Phi) is 2.41. The summed E-state index contributed by atoms with van der Waals surface area (Å²) in [5, 5.41) is 0.852. The minimum Gasteiger partial charge on any atom is -0.0843 e. The number of hydrogen-bond donors (Lipinski definition) is 0. The van der Waals surface area contributed by atoms with Crippen LogP contribution in [0.25, 0.3) is 6.08 Å². The van der Waals surface area contributed by atoms with Crippen LogP contribution in [0, 0.1) is 0 Å². The van der Waals surface area contributed by atoms with Gasteiger partial charge in [0.25, 0.3) is 0 Å². The molecule has 0 bridgehead atoms. The van der Waals surface area contributed by atoms with Gasteiger partial charge in [0, 0.05) is 5.02 Å². The van der Waals surface area contributed by atoms with E-state index < -0.39 is 0 Å². The molecule has 0 amide bonds. The summed E-state index contributed by atoms with van der Waals surface area (Å²) < 4.78 is 0. The molecule has 0 atom stereocenters. The first-order valence-electron chi connectivity index (χ1n) is 4.77. The van der Waals surface area contributed by atoms with Crippen molar-refractivity contribution in [2.45, 2.75) is 26.2 Å². The highest BCUT2D eigenvalue weighted by Gasteiger charge is 2.11. The summed E-state index contributed by atoms with van der Waals surface area (Å²) in [7, 11) is 0. The van der Waals surface area contributed by atoms with Crippen LogP contribution in [0.3, 0.4) is 0 Å². The molecule has 0 aromatic heterocycles. The molecule has 0 unspecified atom stereocenters. The Hall–Kier alpha value is -0.750. The second-order valence-corrected chi connectivity index (χ2v) is 4.01. The molecule has 1 aromatic carbocycles. The van der Waals surface area contributed by atoms with Gasteiger partial charge in [-0.25, -0.2) is 0 Å². The van der Waals surface area contributed by atoms with E-state index in [9.17, 15) is 0 Å². The molecule has 0 N–H and O–H groups in total. The summed E-state index contributed by atoms with van der Waals surface area (Å²) in [6.45, 7) is 2.22. The van der Waals surface area contributed by atoms with E-state index in [0.29, 0.717) is 0 Å². The van der Waals surface area contributed by atoms with E-state index in [1.54, 1.807) is 5.57 Å². The Morgan fingerprint density at radius 2 is 2.23 bits per heavy atom. The SMILES string of the molecule is CCCC1=Cc2ccc(Cl)cc2C1. The summed E-state index contributed by atoms with van der Waals surface area (Å²) in [4.78, 5) is 0. The highest BCUT2D eigenvalue weighted by Crippen LogP contribution is 2.29. The van der Waals surface area contributed by atoms with E-state index in [4.69, 9.17) is 11.6 Å². The largest absolute Gasteiger partial charge is 0.0843 e. The number of halogens is 1. The van der Waals surface area contributed by atoms with Gasteiger partial charge in [-0.3, -0.25) is 0 Å². The molecule has 0 spiro atoms. The molecular weight excluding hydrogens is 180 g/mol. The molecule has 0 aliphatic heterocycles. The molecular formula is C12H13Cl. The van der Waals surface area contributed by atoms with Gasteiger partial charge < -0.3 is 0 Å². The van der Waals surface area contributed by atoms with Crippen LogP contribution in [0.15, 0.2) is 23.8 Å². The maximum atomic E-state index is 5.92. The fraction of sp³-hybridized carbons (Fsp3) is 0.333. The van der Waals surface area contributed by atoms with Gasteiger partial charge in [-0.05, 0) is 36.1 Å². The highest BCUT2D eigenvalue weighted by atomic mass is 35.5. The van der Waals surface area contributed by atoms with Crippen LogP contribution < -0.4 is 0 Å². The topological polar surface area (TPSA) is 0 Å². The normalized spacial score (nSPS) is 14.2. The smallest absolute Gasteiger partial charge is 0.0409 e. The quantitative estimate of drug-likeness (QED) is 0.663. The summed E-state index contributed by atoms with van der Waals surface area (Å²) in [6, 6.07) is 6.15. The van der Waals surface area contributed by atoms with Crippen molar-refractivity contribution in [1.82, 2.24) is 0 Å². The Labute approximate surface area is 84.2 Å². The third-order valence-electron chi connectivity index (χ3n) is 2.45. The number of benzene rings is 1. The van der Waals surface area contributed by atoms with Crippen LogP contribution in [0.2, 0.25) is 5.02 Å². The van der Waals surface area contributed by atoms with Gasteiger partial charge >= 0.3 is 0 Å². The summed E-state index contributed by atoms with van der Waals surface area (Å²) in [5.74, 6) is 0. The maximum absolute atomic E-state index is 5.92. The first-order valence-corrected chi connectivity index (χ1v) is 5.15. The average molecular weight is 193 g/mol. The van der Waals surface area contributed by atoms with Gasteiger partial charge in [0.2, 0.25) is 0 Å². The van der Waals surface area contributed by atoms with Crippen LogP contribution in [0.5, 0.6) is 0 Å². The second-order valence-electron chi connectivity index (χ2n) is 3.57. The fourth-order valence-corrected chi connectivity index (χ4v) is 2.06. The lowest BCUT2D eigenvalue weighted by molar-refractivity contribution is 0.886. The van der Waals surface area contributed by atoms with Gasteiger partial charge in [0.05, 0.1) is 0 Å². The zero-order valence-corrected chi connectivity index (χ0v) is 8.56. The van der Waals surface area contributed by atoms with Gasteiger partial charge in [-0.1, -0.05) is 42.7 Å². The zero-order valence-electron chi connectivity index (χ0n) is 7.81. The Bertz CT molecular complexity index is 350. The molecule has 0 saturated carbocycles. The van der Waals surface area contributed by atoms with Crippen molar-refractivity contribution in [3.63, 3.8) is 0 Å². The second kappa shape index (κ2) is 3.55. The van der Waals surface area contributed by atoms with E-state index in [0.717, 1.165) is 11.4 Å². The molecule has 1 aliphatic rings. The van der Waals surface area contributed by atoms with E-state index in [1.165, 1.54) is 24.0 Å². The Morgan fingerprint density at radius 1 is 1.38 bits per heavy atom. The monoisotopic (exact) mass is 192 g/mol. The Morgan fingerprint density at radius 3 is 3.00 bits per heavy atom. The van der Waals surface area contributed by atoms with Crippen LogP contribution >= 0.6 is 11.6 Å². The fourth-order valence-electron chi connectivity index (χ4n) is 1.87. The standard InChI is InChI=1S/C12H13Cl/c1-2-3-9-6-10-4-5-12(13)8-11(10)7-9/h4-6,8H,2-3,7H2,1H3. The van der Waals surface area contributed by atoms with Crippen LogP contribution in [0.1, 0.15) is 30.9 Å². The molecule has 1 heteroatoms. The molecule has 2 rings (SSSR count). The minimum absolute atomic E-state index is 0.852. The first kappa shape index (κ1) is 8.83. The lowest BCUT2D eigenvalue weighted by Crippen LogP contribution is -1.84. The summed E-state index contributed by atoms with van der Waals surface area (Å²) >= 11 is 5.92. The zero-order chi connectivity index (χ0) is 9.26. The van der Waals surface area contributed by atoms with E-state index in [1.807, 2.05) is 6.07 Å². The maximum Gasteiger partial charge on any atom is 0.0409 e. The van der Waals surface area contributed by atoms with E-state index in [-0.39, 0.29) is 0 Å². The predicted molar refractivity (Wildman–Crippen MR) is 58.0 cm³/mol. The van der Waals surface area contributed by atoms with Crippen molar-refractivity contribution in [3.05, 3.63) is 39.9 Å². The third kappa shape index (κ3) is 1.78. The lowest BCUT2D eigenvalue weighted by Gasteiger charge is -1.99. The van der Waals surface area contributed by atoms with Crippen molar-refractivity contribution in [3.8, 4) is 0 Å². The third-order valence-corrected chi connectivity index (χ3v) is 2.69. The first-order chi connectivity index (χ1) is 6.29. The number of fused-ring (bicyclic) bond motifs is 1. The van der Waals surface area contributed by atoms with E-state index >= 15 is 0 Å². The lowest BCUT2D eigenvalue weighted by atomic mass is 10.1. The molecule has 0 radical (unpaired) electrons. The molecule has 0 fully saturated rings. The average Bonchev–Trinajstić information content (AvgIpc) is 2.46. The van der Waals surface area contributed by atoms with Crippen molar-refractivity contribution in [2.24, 2.45) is 0 Å². The van der Waals surface area contributed by atoms with Gasteiger partial charge in [0.15, 0.2) is 0 Å². The Balaban J connectivity index is 2.25. The van der Waals surface area contributed by atoms with E-state index in [2.05, 4.69) is 25.1 Å². The van der Waals surface area contributed by atoms with Crippen molar-refractivity contribution in [1.29, 1.82) is 0 Å². The summed E-state index contributed by atoms with van der Waals surface area (Å²) in [5.41, 5.74) is 4.28. The molecule has 0 nitrogen and oxygen atoms in total. The molecule has 13 heavy (non-hydrogen) atoms. The van der Waals surface area contributed by atoms with Crippen molar-refractivity contribution in [2.75, 3.05) is 0 Å². The van der Waals surface area contributed by atoms with Gasteiger partial charge in [-0.2, -0.15) is 0 Å². The molecule has 1 aromatic rings. The number of rotatable bonds is 2. The van der Waals surface area contributed by atoms with Crippen LogP contribution in [-0.4, -0.2) is 0 Å². The highest BCUT2D eigenvalue weighted by molar-refractivity contribution is 6.30. The van der Waals surface area contributed by atoms with Crippen molar-refractivity contribution < 1.29 is 0 Å². The molecule has 68 valence electrons. The van der Waals surface area contributed by atoms with Crippen molar-refractivity contribution >= 4 is 17.7 Å². The van der Waals surface area contributed by atoms with Gasteiger partial charge in [0.1, 0.15) is 0 Å². The molecule has 0 saturated heterocycles. The van der Waals surface area contributed by atoms with Gasteiger partial charge in [-0.15, -0.1) is 0 Å².